The molecule has 1 N–H and O–H groups in total. The Morgan fingerprint density at radius 1 is 1.21 bits per heavy atom. The van der Waals surface area contributed by atoms with Gasteiger partial charge in [-0.3, -0.25) is 4.79 Å². The third-order valence-electron chi connectivity index (χ3n) is 1.68. The molecular weight excluding hydrogens is 290 g/mol. The average molecular weight is 292 g/mol. The van der Waals surface area contributed by atoms with Crippen molar-refractivity contribution >= 4 is 5.82 Å². The van der Waals surface area contributed by atoms with E-state index in [4.69, 9.17) is 0 Å². The van der Waals surface area contributed by atoms with Gasteiger partial charge in [0.15, 0.2) is 5.56 Å². The zero-order valence-corrected chi connectivity index (χ0v) is 8.43. The number of nitro groups is 1. The Labute approximate surface area is 98.3 Å². The fraction of sp³-hybridized carbons (Fsp3) is 0.286. The van der Waals surface area contributed by atoms with Crippen molar-refractivity contribution < 1.29 is 36.0 Å². The fourth-order valence-corrected chi connectivity index (χ4v) is 1.08. The highest BCUT2D eigenvalue weighted by Gasteiger charge is 2.44. The van der Waals surface area contributed by atoms with E-state index in [1.807, 2.05) is 0 Å². The fourth-order valence-electron chi connectivity index (χ4n) is 1.08. The molecule has 1 aromatic rings. The number of halogens is 6. The van der Waals surface area contributed by atoms with Crippen LogP contribution in [0.4, 0.5) is 32.2 Å². The lowest BCUT2D eigenvalue weighted by molar-refractivity contribution is -0.390. The van der Waals surface area contributed by atoms with E-state index in [9.17, 15) is 41.3 Å². The van der Waals surface area contributed by atoms with E-state index in [-0.39, 0.29) is 6.07 Å². The molecule has 0 saturated heterocycles. The molecule has 0 bridgehead atoms. The van der Waals surface area contributed by atoms with Gasteiger partial charge in [0.1, 0.15) is 0 Å². The summed E-state index contributed by atoms with van der Waals surface area (Å²) in [7, 11) is 0. The average Bonchev–Trinajstić information content (AvgIpc) is 2.10. The van der Waals surface area contributed by atoms with Gasteiger partial charge in [-0.1, -0.05) is 0 Å². The van der Waals surface area contributed by atoms with Crippen molar-refractivity contribution in [3.05, 3.63) is 32.0 Å². The summed E-state index contributed by atoms with van der Waals surface area (Å²) in [5.41, 5.74) is -4.33. The van der Waals surface area contributed by atoms with Crippen molar-refractivity contribution in [1.29, 1.82) is 0 Å². The van der Waals surface area contributed by atoms with Crippen LogP contribution in [0.3, 0.4) is 0 Å². The molecule has 0 aromatic carbocycles. The minimum atomic E-state index is -5.56. The maximum atomic E-state index is 12.4. The molecule has 0 radical (unpaired) electrons. The van der Waals surface area contributed by atoms with Gasteiger partial charge >= 0.3 is 24.2 Å². The summed E-state index contributed by atoms with van der Waals surface area (Å²) in [5.74, 6) is -3.45. The van der Waals surface area contributed by atoms with Crippen LogP contribution in [-0.4, -0.2) is 16.3 Å². The lowest BCUT2D eigenvalue weighted by Crippen LogP contribution is -2.26. The van der Waals surface area contributed by atoms with Gasteiger partial charge in [0, 0.05) is 0 Å². The molecule has 0 aliphatic heterocycles. The van der Waals surface area contributed by atoms with Gasteiger partial charge in [0.2, 0.25) is 5.43 Å². The van der Waals surface area contributed by atoms with E-state index >= 15 is 0 Å². The predicted octanol–water partition coefficient (Wildman–Crippen LogP) is 2.20. The summed E-state index contributed by atoms with van der Waals surface area (Å²) in [6, 6.07) is -0.0912. The van der Waals surface area contributed by atoms with Gasteiger partial charge in [-0.05, 0) is 4.92 Å². The number of hydrogen-bond donors (Lipinski definition) is 1. The highest BCUT2D eigenvalue weighted by molar-refractivity contribution is 5.35. The molecule has 0 fully saturated rings. The smallest absolute Gasteiger partial charge is 0.369 e. The number of hydrogen-bond acceptors (Lipinski definition) is 4. The van der Waals surface area contributed by atoms with E-state index < -0.39 is 40.2 Å². The molecule has 19 heavy (non-hydrogen) atoms. The summed E-state index contributed by atoms with van der Waals surface area (Å²) >= 11 is 0. The second-order valence-corrected chi connectivity index (χ2v) is 3.03. The van der Waals surface area contributed by atoms with E-state index in [0.29, 0.717) is 0 Å². The maximum absolute atomic E-state index is 12.4. The Morgan fingerprint density at radius 3 is 2.11 bits per heavy atom. The number of H-pyrrole nitrogens is 1. The number of ether oxygens (including phenoxy) is 1. The molecule has 0 saturated carbocycles. The van der Waals surface area contributed by atoms with Gasteiger partial charge in [0.25, 0.3) is 0 Å². The van der Waals surface area contributed by atoms with Crippen LogP contribution in [0.5, 0.6) is 5.88 Å². The van der Waals surface area contributed by atoms with Gasteiger partial charge in [-0.2, -0.15) is 13.2 Å². The summed E-state index contributed by atoms with van der Waals surface area (Å²) in [6.45, 7) is 0. The first kappa shape index (κ1) is 14.8. The predicted molar refractivity (Wildman–Crippen MR) is 45.4 cm³/mol. The van der Waals surface area contributed by atoms with Crippen molar-refractivity contribution in [2.24, 2.45) is 0 Å². The normalized spacial score (nSPS) is 12.3. The molecule has 0 atom stereocenters. The molecule has 0 amide bonds. The first-order chi connectivity index (χ1) is 8.42. The Bertz CT molecular complexity index is 560. The number of nitrogens with one attached hydrogen (secondary N) is 1. The maximum Gasteiger partial charge on any atom is 0.575 e. The largest absolute Gasteiger partial charge is 0.575 e. The van der Waals surface area contributed by atoms with Gasteiger partial charge in [-0.15, -0.1) is 13.2 Å². The molecule has 106 valence electrons. The summed E-state index contributed by atoms with van der Waals surface area (Å²) < 4.78 is 75.8. The lowest BCUT2D eigenvalue weighted by atomic mass is 10.2. The minimum Gasteiger partial charge on any atom is -0.369 e. The number of alkyl halides is 6. The van der Waals surface area contributed by atoms with E-state index in [2.05, 4.69) is 4.74 Å². The number of pyridine rings is 1. The summed E-state index contributed by atoms with van der Waals surface area (Å²) in [5, 5.41) is 10.2. The lowest BCUT2D eigenvalue weighted by Gasteiger charge is -2.11. The molecule has 0 spiro atoms. The SMILES string of the molecule is O=c1cc([N+](=O)[O-])[nH]c(OC(F)(F)F)c1C(F)(F)F. The van der Waals surface area contributed by atoms with Crippen LogP contribution in [0.2, 0.25) is 0 Å². The number of nitrogens with zero attached hydrogens (tertiary/aromatic N) is 1. The minimum absolute atomic E-state index is 0.0912. The van der Waals surface area contributed by atoms with Crippen molar-refractivity contribution in [3.8, 4) is 5.88 Å². The van der Waals surface area contributed by atoms with Gasteiger partial charge in [-0.25, -0.2) is 4.98 Å². The van der Waals surface area contributed by atoms with Crippen LogP contribution >= 0.6 is 0 Å². The number of aromatic nitrogens is 1. The molecule has 0 aliphatic carbocycles. The van der Waals surface area contributed by atoms with Crippen molar-refractivity contribution in [2.45, 2.75) is 12.5 Å². The third kappa shape index (κ3) is 3.59. The van der Waals surface area contributed by atoms with Crippen molar-refractivity contribution in [2.75, 3.05) is 0 Å². The Morgan fingerprint density at radius 2 is 1.74 bits per heavy atom. The molecule has 1 aromatic heterocycles. The second kappa shape index (κ2) is 4.44. The van der Waals surface area contributed by atoms with Crippen molar-refractivity contribution in [1.82, 2.24) is 4.98 Å². The summed E-state index contributed by atoms with van der Waals surface area (Å²) in [6.07, 6.45) is -11.0. The highest BCUT2D eigenvalue weighted by atomic mass is 19.4. The topological polar surface area (TPSA) is 85.2 Å². The third-order valence-corrected chi connectivity index (χ3v) is 1.68. The molecule has 6 nitrogen and oxygen atoms in total. The first-order valence-electron chi connectivity index (χ1n) is 4.16. The molecule has 1 heterocycles. The van der Waals surface area contributed by atoms with Crippen LogP contribution in [0.15, 0.2) is 10.9 Å². The van der Waals surface area contributed by atoms with Gasteiger partial charge in [0.05, 0.1) is 6.07 Å². The second-order valence-electron chi connectivity index (χ2n) is 3.03. The van der Waals surface area contributed by atoms with Gasteiger partial charge < -0.3 is 14.9 Å². The zero-order chi connectivity index (χ0) is 15.0. The number of aromatic amines is 1. The van der Waals surface area contributed by atoms with E-state index in [1.54, 1.807) is 0 Å². The Kier molecular flexibility index (Phi) is 3.45. The van der Waals surface area contributed by atoms with E-state index in [1.165, 1.54) is 0 Å². The summed E-state index contributed by atoms with van der Waals surface area (Å²) in [4.78, 5) is 21.0. The van der Waals surface area contributed by atoms with E-state index in [0.717, 1.165) is 4.98 Å². The zero-order valence-electron chi connectivity index (χ0n) is 8.43. The number of rotatable bonds is 2. The molecule has 1 rings (SSSR count). The van der Waals surface area contributed by atoms with Crippen LogP contribution in [0.25, 0.3) is 0 Å². The molecule has 0 unspecified atom stereocenters. The first-order valence-corrected chi connectivity index (χ1v) is 4.16. The molecule has 12 heteroatoms. The quantitative estimate of drug-likeness (QED) is 0.514. The van der Waals surface area contributed by atoms with Crippen LogP contribution in [0.1, 0.15) is 5.56 Å². The van der Waals surface area contributed by atoms with Crippen LogP contribution in [0, 0.1) is 10.1 Å². The standard InChI is InChI=1S/C7H2F6N2O4/c8-6(9,10)4-2(16)1-3(15(17)18)14-5(4)19-7(11,12)13/h1H,(H,14,16). The Balaban J connectivity index is 3.54. The monoisotopic (exact) mass is 292 g/mol. The van der Waals surface area contributed by atoms with Crippen LogP contribution < -0.4 is 10.2 Å². The molecular formula is C7H2F6N2O4. The highest BCUT2D eigenvalue weighted by Crippen LogP contribution is 2.35. The van der Waals surface area contributed by atoms with Crippen molar-refractivity contribution in [3.63, 3.8) is 0 Å². The Hall–Kier alpha value is -2.27. The van der Waals surface area contributed by atoms with Crippen LogP contribution in [-0.2, 0) is 6.18 Å². The molecule has 0 aliphatic rings.